The number of carbonyl (C=O) groups excluding carboxylic acids is 1. The summed E-state index contributed by atoms with van der Waals surface area (Å²) in [4.78, 5) is 11.4. The molecule has 3 heteroatoms. The maximum atomic E-state index is 11.4. The molecule has 0 atom stereocenters. The molecule has 0 rings (SSSR count). The third kappa shape index (κ3) is 15.5. The van der Waals surface area contributed by atoms with Crippen molar-refractivity contribution in [2.45, 2.75) is 90.4 Å². The third-order valence-corrected chi connectivity index (χ3v) is 3.60. The van der Waals surface area contributed by atoms with Gasteiger partial charge in [-0.1, -0.05) is 64.7 Å². The van der Waals surface area contributed by atoms with E-state index < -0.39 is 0 Å². The number of unbranched alkanes of at least 4 members (excludes halogenated alkanes) is 10. The Bertz CT molecular complexity index is 207. The highest BCUT2D eigenvalue weighted by molar-refractivity contribution is 5.69. The smallest absolute Gasteiger partial charge is 0.305 e. The van der Waals surface area contributed by atoms with Crippen molar-refractivity contribution < 1.29 is 9.53 Å². The minimum atomic E-state index is -0.0402. The van der Waals surface area contributed by atoms with Gasteiger partial charge >= 0.3 is 5.97 Å². The molecule has 0 aliphatic rings. The molecular formula is C17H35NO2. The molecule has 0 amide bonds. The number of hydrogen-bond acceptors (Lipinski definition) is 3. The fraction of sp³-hybridized carbons (Fsp3) is 0.941. The molecular weight excluding hydrogens is 250 g/mol. The van der Waals surface area contributed by atoms with Gasteiger partial charge in [-0.25, -0.2) is 0 Å². The Morgan fingerprint density at radius 3 is 1.90 bits per heavy atom. The predicted molar refractivity (Wildman–Crippen MR) is 85.7 cm³/mol. The highest BCUT2D eigenvalue weighted by atomic mass is 16.5. The zero-order valence-corrected chi connectivity index (χ0v) is 13.5. The molecule has 0 fully saturated rings. The Balaban J connectivity index is 3.09. The van der Waals surface area contributed by atoms with E-state index in [-0.39, 0.29) is 5.97 Å². The molecule has 0 aromatic heterocycles. The molecule has 0 aliphatic carbocycles. The van der Waals surface area contributed by atoms with Crippen molar-refractivity contribution in [1.29, 1.82) is 0 Å². The van der Waals surface area contributed by atoms with E-state index in [0.29, 0.717) is 19.6 Å². The highest BCUT2D eigenvalue weighted by Crippen LogP contribution is 2.11. The van der Waals surface area contributed by atoms with Gasteiger partial charge in [-0.05, 0) is 25.8 Å². The van der Waals surface area contributed by atoms with Crippen LogP contribution in [0, 0.1) is 0 Å². The van der Waals surface area contributed by atoms with Gasteiger partial charge in [0.15, 0.2) is 0 Å². The van der Waals surface area contributed by atoms with Crippen LogP contribution < -0.4 is 5.73 Å². The SMILES string of the molecule is CCCCCCCCCCCCC(=O)OCCCCN. The number of hydrogen-bond donors (Lipinski definition) is 1. The molecule has 0 spiro atoms. The average Bonchev–Trinajstić information content (AvgIpc) is 2.45. The number of nitrogens with two attached hydrogens (primary N) is 1. The van der Waals surface area contributed by atoms with Crippen molar-refractivity contribution in [2.75, 3.05) is 13.2 Å². The third-order valence-electron chi connectivity index (χ3n) is 3.60. The molecule has 20 heavy (non-hydrogen) atoms. The van der Waals surface area contributed by atoms with E-state index in [1.807, 2.05) is 0 Å². The molecule has 0 bridgehead atoms. The summed E-state index contributed by atoms with van der Waals surface area (Å²) in [5, 5.41) is 0. The van der Waals surface area contributed by atoms with Crippen molar-refractivity contribution in [1.82, 2.24) is 0 Å². The number of ether oxygens (including phenoxy) is 1. The number of rotatable bonds is 15. The maximum Gasteiger partial charge on any atom is 0.305 e. The molecule has 0 saturated carbocycles. The topological polar surface area (TPSA) is 52.3 Å². The summed E-state index contributed by atoms with van der Waals surface area (Å²) in [6, 6.07) is 0. The molecule has 0 unspecified atom stereocenters. The lowest BCUT2D eigenvalue weighted by molar-refractivity contribution is -0.143. The summed E-state index contributed by atoms with van der Waals surface area (Å²) in [5.41, 5.74) is 5.38. The summed E-state index contributed by atoms with van der Waals surface area (Å²) < 4.78 is 5.13. The van der Waals surface area contributed by atoms with Crippen LogP contribution in [-0.4, -0.2) is 19.1 Å². The van der Waals surface area contributed by atoms with Crippen LogP contribution >= 0.6 is 0 Å². The summed E-state index contributed by atoms with van der Waals surface area (Å²) >= 11 is 0. The van der Waals surface area contributed by atoms with Gasteiger partial charge in [0.2, 0.25) is 0 Å². The molecule has 0 aromatic carbocycles. The molecule has 2 N–H and O–H groups in total. The van der Waals surface area contributed by atoms with E-state index in [4.69, 9.17) is 10.5 Å². The lowest BCUT2D eigenvalue weighted by atomic mass is 10.1. The van der Waals surface area contributed by atoms with Gasteiger partial charge in [0.05, 0.1) is 6.61 Å². The Labute approximate surface area is 125 Å². The van der Waals surface area contributed by atoms with Crippen molar-refractivity contribution in [3.63, 3.8) is 0 Å². The van der Waals surface area contributed by atoms with Crippen molar-refractivity contribution >= 4 is 5.97 Å². The molecule has 120 valence electrons. The first kappa shape index (κ1) is 19.4. The molecule has 0 radical (unpaired) electrons. The zero-order chi connectivity index (χ0) is 14.9. The summed E-state index contributed by atoms with van der Waals surface area (Å²) in [6.07, 6.45) is 15.3. The molecule has 3 nitrogen and oxygen atoms in total. The molecule has 0 saturated heterocycles. The van der Waals surface area contributed by atoms with Crippen molar-refractivity contribution in [3.05, 3.63) is 0 Å². The molecule has 0 aromatic rings. The van der Waals surface area contributed by atoms with Gasteiger partial charge in [-0.3, -0.25) is 4.79 Å². The Kier molecular flexibility index (Phi) is 16.0. The van der Waals surface area contributed by atoms with Gasteiger partial charge in [-0.2, -0.15) is 0 Å². The van der Waals surface area contributed by atoms with Crippen LogP contribution in [0.3, 0.4) is 0 Å². The van der Waals surface area contributed by atoms with Crippen LogP contribution in [0.5, 0.6) is 0 Å². The van der Waals surface area contributed by atoms with E-state index in [2.05, 4.69) is 6.92 Å². The van der Waals surface area contributed by atoms with E-state index in [1.54, 1.807) is 0 Å². The first-order chi connectivity index (χ1) is 9.81. The average molecular weight is 285 g/mol. The largest absolute Gasteiger partial charge is 0.466 e. The Hall–Kier alpha value is -0.570. The highest BCUT2D eigenvalue weighted by Gasteiger charge is 2.02. The fourth-order valence-electron chi connectivity index (χ4n) is 2.26. The van der Waals surface area contributed by atoms with Crippen LogP contribution in [0.25, 0.3) is 0 Å². The van der Waals surface area contributed by atoms with Crippen LogP contribution in [0.15, 0.2) is 0 Å². The van der Waals surface area contributed by atoms with E-state index >= 15 is 0 Å². The predicted octanol–water partition coefficient (Wildman–Crippen LogP) is 4.58. The summed E-state index contributed by atoms with van der Waals surface area (Å²) in [5.74, 6) is -0.0402. The van der Waals surface area contributed by atoms with Gasteiger partial charge in [0, 0.05) is 6.42 Å². The van der Waals surface area contributed by atoms with Crippen LogP contribution in [0.1, 0.15) is 90.4 Å². The fourth-order valence-corrected chi connectivity index (χ4v) is 2.26. The van der Waals surface area contributed by atoms with Gasteiger partial charge in [0.1, 0.15) is 0 Å². The summed E-state index contributed by atoms with van der Waals surface area (Å²) in [7, 11) is 0. The second-order valence-corrected chi connectivity index (χ2v) is 5.65. The number of esters is 1. The molecule has 0 aliphatic heterocycles. The van der Waals surface area contributed by atoms with Crippen LogP contribution in [0.2, 0.25) is 0 Å². The minimum Gasteiger partial charge on any atom is -0.466 e. The quantitative estimate of drug-likeness (QED) is 0.354. The van der Waals surface area contributed by atoms with E-state index in [0.717, 1.165) is 25.7 Å². The standard InChI is InChI=1S/C17H35NO2/c1-2-3-4-5-6-7-8-9-10-11-14-17(19)20-16-13-12-15-18/h2-16,18H2,1H3. The van der Waals surface area contributed by atoms with Gasteiger partial charge in [-0.15, -0.1) is 0 Å². The number of carbonyl (C=O) groups is 1. The zero-order valence-electron chi connectivity index (χ0n) is 13.5. The van der Waals surface area contributed by atoms with Gasteiger partial charge < -0.3 is 10.5 Å². The summed E-state index contributed by atoms with van der Waals surface area (Å²) in [6.45, 7) is 3.47. The molecule has 0 heterocycles. The second-order valence-electron chi connectivity index (χ2n) is 5.65. The first-order valence-corrected chi connectivity index (χ1v) is 8.67. The second kappa shape index (κ2) is 16.5. The maximum absolute atomic E-state index is 11.4. The Morgan fingerprint density at radius 2 is 1.35 bits per heavy atom. The van der Waals surface area contributed by atoms with Gasteiger partial charge in [0.25, 0.3) is 0 Å². The lowest BCUT2D eigenvalue weighted by Crippen LogP contribution is -2.07. The minimum absolute atomic E-state index is 0.0402. The van der Waals surface area contributed by atoms with Crippen molar-refractivity contribution in [3.8, 4) is 0 Å². The van der Waals surface area contributed by atoms with E-state index in [9.17, 15) is 4.79 Å². The van der Waals surface area contributed by atoms with Crippen LogP contribution in [0.4, 0.5) is 0 Å². The normalized spacial score (nSPS) is 10.7. The monoisotopic (exact) mass is 285 g/mol. The van der Waals surface area contributed by atoms with Crippen molar-refractivity contribution in [2.24, 2.45) is 5.73 Å². The Morgan fingerprint density at radius 1 is 0.800 bits per heavy atom. The van der Waals surface area contributed by atoms with Crippen LogP contribution in [-0.2, 0) is 9.53 Å². The van der Waals surface area contributed by atoms with E-state index in [1.165, 1.54) is 51.4 Å². The first-order valence-electron chi connectivity index (χ1n) is 8.67. The lowest BCUT2D eigenvalue weighted by Gasteiger charge is -2.04.